The van der Waals surface area contributed by atoms with E-state index in [9.17, 15) is 9.18 Å². The third-order valence-corrected chi connectivity index (χ3v) is 6.25. The van der Waals surface area contributed by atoms with Crippen molar-refractivity contribution in [3.63, 3.8) is 0 Å². The molecule has 0 fully saturated rings. The Kier molecular flexibility index (Phi) is 9.08. The first kappa shape index (κ1) is 27.2. The lowest BCUT2D eigenvalue weighted by molar-refractivity contribution is -0.136. The van der Waals surface area contributed by atoms with Crippen LogP contribution in [0.4, 0.5) is 8.78 Å². The maximum Gasteiger partial charge on any atom is 0.303 e. The summed E-state index contributed by atoms with van der Waals surface area (Å²) in [5.74, 6) is -0.749. The van der Waals surface area contributed by atoms with Crippen molar-refractivity contribution < 1.29 is 28.2 Å². The number of hydrogen-bond donors (Lipinski definition) is 1. The van der Waals surface area contributed by atoms with Crippen LogP contribution in [0.25, 0.3) is 11.1 Å². The minimum Gasteiger partial charge on any atom is -0.497 e. The van der Waals surface area contributed by atoms with Crippen LogP contribution < -0.4 is 9.47 Å². The van der Waals surface area contributed by atoms with Gasteiger partial charge in [0.25, 0.3) is 0 Å². The molecule has 0 aromatic heterocycles. The zero-order chi connectivity index (χ0) is 26.3. The van der Waals surface area contributed by atoms with Crippen LogP contribution in [0.2, 0.25) is 0 Å². The molecule has 0 radical (unpaired) electrons. The van der Waals surface area contributed by atoms with Crippen molar-refractivity contribution in [2.24, 2.45) is 5.41 Å². The molecule has 0 saturated heterocycles. The highest BCUT2D eigenvalue weighted by molar-refractivity contribution is 5.70. The number of halogens is 2. The summed E-state index contributed by atoms with van der Waals surface area (Å²) in [5, 5.41) is 8.91. The van der Waals surface area contributed by atoms with E-state index in [1.54, 1.807) is 36.4 Å². The molecule has 0 aliphatic carbocycles. The number of rotatable bonds is 12. The van der Waals surface area contributed by atoms with Crippen LogP contribution in [-0.2, 0) is 24.2 Å². The lowest BCUT2D eigenvalue weighted by atomic mass is 9.79. The van der Waals surface area contributed by atoms with Gasteiger partial charge in [0.05, 0.1) is 7.11 Å². The van der Waals surface area contributed by atoms with Crippen LogP contribution in [0.15, 0.2) is 54.6 Å². The molecule has 0 unspecified atom stereocenters. The lowest BCUT2D eigenvalue weighted by Crippen LogP contribution is -2.16. The molecule has 0 aliphatic rings. The normalized spacial score (nSPS) is 11.4. The third-order valence-electron chi connectivity index (χ3n) is 6.25. The molecule has 3 aromatic carbocycles. The van der Waals surface area contributed by atoms with Crippen LogP contribution in [-0.4, -0.2) is 18.2 Å². The number of benzene rings is 3. The second-order valence-electron chi connectivity index (χ2n) is 9.87. The number of methoxy groups -OCH3 is 1. The zero-order valence-electron chi connectivity index (χ0n) is 21.4. The van der Waals surface area contributed by atoms with Gasteiger partial charge >= 0.3 is 5.97 Å². The van der Waals surface area contributed by atoms with Gasteiger partial charge in [-0.3, -0.25) is 4.79 Å². The Hall–Kier alpha value is -3.41. The molecule has 36 heavy (non-hydrogen) atoms. The number of aryl methyl sites for hydroxylation is 1. The van der Waals surface area contributed by atoms with Gasteiger partial charge in [-0.25, -0.2) is 8.78 Å². The maximum atomic E-state index is 15.3. The lowest BCUT2D eigenvalue weighted by Gasteiger charge is -2.26. The summed E-state index contributed by atoms with van der Waals surface area (Å²) in [6, 6.07) is 14.8. The average Bonchev–Trinajstić information content (AvgIpc) is 2.83. The van der Waals surface area contributed by atoms with E-state index in [1.165, 1.54) is 19.2 Å². The number of hydrogen-bond acceptors (Lipinski definition) is 3. The summed E-state index contributed by atoms with van der Waals surface area (Å²) in [6.07, 6.45) is 3.03. The number of carbonyl (C=O) groups is 1. The summed E-state index contributed by atoms with van der Waals surface area (Å²) in [6.45, 7) is 6.43. The molecule has 4 nitrogen and oxygen atoms in total. The Morgan fingerprint density at radius 3 is 2.42 bits per heavy atom. The Morgan fingerprint density at radius 2 is 1.72 bits per heavy atom. The van der Waals surface area contributed by atoms with Crippen LogP contribution in [0.3, 0.4) is 0 Å². The van der Waals surface area contributed by atoms with E-state index >= 15 is 4.39 Å². The van der Waals surface area contributed by atoms with E-state index < -0.39 is 17.6 Å². The molecule has 3 rings (SSSR count). The van der Waals surface area contributed by atoms with Crippen molar-refractivity contribution in [2.75, 3.05) is 7.11 Å². The van der Waals surface area contributed by atoms with Gasteiger partial charge < -0.3 is 14.6 Å². The van der Waals surface area contributed by atoms with Crippen LogP contribution in [0, 0.1) is 17.0 Å². The second kappa shape index (κ2) is 12.0. The van der Waals surface area contributed by atoms with Gasteiger partial charge in [0.1, 0.15) is 29.7 Å². The van der Waals surface area contributed by atoms with E-state index in [0.29, 0.717) is 41.0 Å². The van der Waals surface area contributed by atoms with Gasteiger partial charge in [-0.15, -0.1) is 0 Å². The van der Waals surface area contributed by atoms with E-state index in [2.05, 4.69) is 20.8 Å². The zero-order valence-corrected chi connectivity index (χ0v) is 21.4. The number of aliphatic carboxylic acids is 1. The Labute approximate surface area is 211 Å². The fourth-order valence-electron chi connectivity index (χ4n) is 4.50. The molecule has 192 valence electrons. The van der Waals surface area contributed by atoms with Crippen molar-refractivity contribution in [1.82, 2.24) is 0 Å². The van der Waals surface area contributed by atoms with E-state index in [4.69, 9.17) is 14.6 Å². The Bertz CT molecular complexity index is 1200. The molecular formula is C30H34F2O4. The van der Waals surface area contributed by atoms with Gasteiger partial charge in [-0.1, -0.05) is 39.3 Å². The first-order valence-corrected chi connectivity index (χ1v) is 12.2. The highest BCUT2D eigenvalue weighted by Gasteiger charge is 2.23. The molecular weight excluding hydrogens is 462 g/mol. The Balaban J connectivity index is 1.95. The summed E-state index contributed by atoms with van der Waals surface area (Å²) >= 11 is 0. The number of carboxylic acid groups (broad SMARTS) is 1. The molecule has 0 heterocycles. The fraction of sp³-hybridized carbons (Fsp3) is 0.367. The maximum absolute atomic E-state index is 15.3. The molecule has 0 atom stereocenters. The standard InChI is InChI=1S/C30H34F2O4/c1-5-13-30(2,3)18-21-15-22(19-36-24-8-6-7-20(14-24)9-12-29(33)34)28(32)17-25(21)26-16-23(35-4)10-11-27(26)31/h6-8,10-11,14-17H,5,9,12-13,18-19H2,1-4H3,(H,33,34). The first-order valence-electron chi connectivity index (χ1n) is 12.2. The Morgan fingerprint density at radius 1 is 0.944 bits per heavy atom. The van der Waals surface area contributed by atoms with Gasteiger partial charge in [0.15, 0.2) is 0 Å². The molecule has 0 bridgehead atoms. The number of ether oxygens (including phenoxy) is 2. The third kappa shape index (κ3) is 7.30. The van der Waals surface area contributed by atoms with Crippen molar-refractivity contribution in [3.05, 3.63) is 82.9 Å². The topological polar surface area (TPSA) is 55.8 Å². The van der Waals surface area contributed by atoms with Gasteiger partial charge in [-0.2, -0.15) is 0 Å². The predicted molar refractivity (Wildman–Crippen MR) is 137 cm³/mol. The molecule has 1 N–H and O–H groups in total. The highest BCUT2D eigenvalue weighted by Crippen LogP contribution is 2.36. The first-order chi connectivity index (χ1) is 17.1. The summed E-state index contributed by atoms with van der Waals surface area (Å²) in [7, 11) is 1.51. The van der Waals surface area contributed by atoms with E-state index in [0.717, 1.165) is 24.0 Å². The van der Waals surface area contributed by atoms with E-state index in [1.807, 2.05) is 6.07 Å². The van der Waals surface area contributed by atoms with Gasteiger partial charge in [-0.05, 0) is 83.8 Å². The summed E-state index contributed by atoms with van der Waals surface area (Å²) in [4.78, 5) is 10.9. The van der Waals surface area contributed by atoms with Crippen molar-refractivity contribution >= 4 is 5.97 Å². The molecule has 0 amide bonds. The summed E-state index contributed by atoms with van der Waals surface area (Å²) < 4.78 is 41.3. The molecule has 0 aliphatic heterocycles. The van der Waals surface area contributed by atoms with Crippen molar-refractivity contribution in [2.45, 2.75) is 59.5 Å². The minimum atomic E-state index is -0.866. The molecule has 0 spiro atoms. The van der Waals surface area contributed by atoms with Gasteiger partial charge in [0.2, 0.25) is 0 Å². The average molecular weight is 497 g/mol. The smallest absolute Gasteiger partial charge is 0.303 e. The van der Waals surface area contributed by atoms with Crippen LogP contribution >= 0.6 is 0 Å². The minimum absolute atomic E-state index is 0.00367. The second-order valence-corrected chi connectivity index (χ2v) is 9.87. The highest BCUT2D eigenvalue weighted by atomic mass is 19.1. The number of carboxylic acids is 1. The van der Waals surface area contributed by atoms with Crippen molar-refractivity contribution in [3.8, 4) is 22.6 Å². The monoisotopic (exact) mass is 496 g/mol. The largest absolute Gasteiger partial charge is 0.497 e. The summed E-state index contributed by atoms with van der Waals surface area (Å²) in [5.41, 5.74) is 2.80. The van der Waals surface area contributed by atoms with E-state index in [-0.39, 0.29) is 18.4 Å². The predicted octanol–water partition coefficient (Wildman–Crippen LogP) is 7.61. The molecule has 3 aromatic rings. The van der Waals surface area contributed by atoms with Gasteiger partial charge in [0, 0.05) is 17.5 Å². The van der Waals surface area contributed by atoms with Crippen LogP contribution in [0.5, 0.6) is 11.5 Å². The van der Waals surface area contributed by atoms with Crippen LogP contribution in [0.1, 0.15) is 56.7 Å². The quantitative estimate of drug-likeness (QED) is 0.280. The van der Waals surface area contributed by atoms with Crippen molar-refractivity contribution in [1.29, 1.82) is 0 Å². The molecule has 6 heteroatoms. The fourth-order valence-corrected chi connectivity index (χ4v) is 4.50. The SMILES string of the molecule is CCCC(C)(C)Cc1cc(COc2cccc(CCC(=O)O)c2)c(F)cc1-c1cc(OC)ccc1F. The molecule has 0 saturated carbocycles.